The lowest BCUT2D eigenvalue weighted by Gasteiger charge is -2.35. The Hall–Kier alpha value is -0.580. The summed E-state index contributed by atoms with van der Waals surface area (Å²) in [6, 6.07) is 0. The Morgan fingerprint density at radius 3 is 2.50 bits per heavy atom. The van der Waals surface area contributed by atoms with Gasteiger partial charge in [0.2, 0.25) is 0 Å². The smallest absolute Gasteiger partial charge is 0.405 e. The fraction of sp³-hybridized carbons (Fsp3) is 0.800. The molecule has 1 heterocycles. The Morgan fingerprint density at radius 2 is 2.20 bits per heavy atom. The molecule has 10 heavy (non-hydrogen) atoms. The number of hydrogen-bond acceptors (Lipinski definition) is 3. The van der Waals surface area contributed by atoms with E-state index >= 15 is 0 Å². The zero-order chi connectivity index (χ0) is 7.78. The molecule has 0 aromatic heterocycles. The van der Waals surface area contributed by atoms with Crippen LogP contribution in [0.4, 0.5) is 4.79 Å². The van der Waals surface area contributed by atoms with Crippen LogP contribution in [0.1, 0.15) is 6.92 Å². The largest absolute Gasteiger partial charge is 0.441 e. The van der Waals surface area contributed by atoms with Gasteiger partial charge in [-0.15, -0.1) is 0 Å². The molecule has 0 bridgehead atoms. The highest BCUT2D eigenvalue weighted by Crippen LogP contribution is 2.23. The highest BCUT2D eigenvalue weighted by atomic mass is 32.2. The van der Waals surface area contributed by atoms with E-state index in [4.69, 9.17) is 5.73 Å². The standard InChI is InChI=1S/C5H9NO3S/c1-5(9-4(6)7)2-10(8)3-5/h2-3H2,1H3,(H2,6,7). The molecule has 0 atom stereocenters. The second-order valence-corrected chi connectivity index (χ2v) is 4.06. The fourth-order valence-corrected chi connectivity index (χ4v) is 2.34. The van der Waals surface area contributed by atoms with Crippen LogP contribution in [0.5, 0.6) is 0 Å². The molecule has 0 aromatic rings. The fourth-order valence-electron chi connectivity index (χ4n) is 0.941. The Morgan fingerprint density at radius 1 is 1.70 bits per heavy atom. The Labute approximate surface area is 61.2 Å². The average molecular weight is 163 g/mol. The quantitative estimate of drug-likeness (QED) is 0.572. The summed E-state index contributed by atoms with van der Waals surface area (Å²) in [4.78, 5) is 10.2. The summed E-state index contributed by atoms with van der Waals surface area (Å²) in [6.45, 7) is 1.72. The van der Waals surface area contributed by atoms with Crippen molar-refractivity contribution >= 4 is 16.9 Å². The number of amides is 1. The number of carbonyl (C=O) groups is 1. The molecule has 4 nitrogen and oxygen atoms in total. The minimum atomic E-state index is -0.811. The van der Waals surface area contributed by atoms with Crippen LogP contribution in [0.3, 0.4) is 0 Å². The first-order valence-electron chi connectivity index (χ1n) is 2.85. The normalized spacial score (nSPS) is 38.3. The number of rotatable bonds is 1. The highest BCUT2D eigenvalue weighted by molar-refractivity contribution is 7.86. The lowest BCUT2D eigenvalue weighted by atomic mass is 10.2. The molecule has 1 fully saturated rings. The van der Waals surface area contributed by atoms with Crippen LogP contribution in [0.15, 0.2) is 0 Å². The van der Waals surface area contributed by atoms with Gasteiger partial charge in [-0.05, 0) is 6.92 Å². The first kappa shape index (κ1) is 7.53. The van der Waals surface area contributed by atoms with Gasteiger partial charge in [-0.1, -0.05) is 0 Å². The van der Waals surface area contributed by atoms with Crippen molar-refractivity contribution in [3.8, 4) is 0 Å². The first-order valence-corrected chi connectivity index (χ1v) is 4.34. The monoisotopic (exact) mass is 163 g/mol. The molecule has 1 amide bonds. The lowest BCUT2D eigenvalue weighted by molar-refractivity contribution is 0.0564. The van der Waals surface area contributed by atoms with Crippen LogP contribution in [0.25, 0.3) is 0 Å². The van der Waals surface area contributed by atoms with Crippen molar-refractivity contribution in [2.45, 2.75) is 12.5 Å². The van der Waals surface area contributed by atoms with Gasteiger partial charge in [0.15, 0.2) is 0 Å². The van der Waals surface area contributed by atoms with Gasteiger partial charge in [0.25, 0.3) is 0 Å². The van der Waals surface area contributed by atoms with E-state index in [9.17, 15) is 9.00 Å². The van der Waals surface area contributed by atoms with Gasteiger partial charge in [0.05, 0.1) is 11.5 Å². The van der Waals surface area contributed by atoms with Crippen LogP contribution in [0, 0.1) is 0 Å². The molecule has 0 aromatic carbocycles. The predicted octanol–water partition coefficient (Wildman–Crippen LogP) is -0.397. The van der Waals surface area contributed by atoms with Crippen LogP contribution >= 0.6 is 0 Å². The predicted molar refractivity (Wildman–Crippen MR) is 36.9 cm³/mol. The molecule has 1 rings (SSSR count). The Kier molecular flexibility index (Phi) is 1.68. The van der Waals surface area contributed by atoms with E-state index in [1.54, 1.807) is 6.92 Å². The van der Waals surface area contributed by atoms with Crippen molar-refractivity contribution in [3.63, 3.8) is 0 Å². The molecule has 58 valence electrons. The summed E-state index contributed by atoms with van der Waals surface area (Å²) in [7, 11) is -0.811. The summed E-state index contributed by atoms with van der Waals surface area (Å²) < 4.78 is 15.3. The molecule has 1 saturated heterocycles. The third-order valence-electron chi connectivity index (χ3n) is 1.28. The lowest BCUT2D eigenvalue weighted by Crippen LogP contribution is -2.53. The zero-order valence-corrected chi connectivity index (χ0v) is 6.44. The minimum absolute atomic E-state index is 0.413. The van der Waals surface area contributed by atoms with Crippen LogP contribution in [-0.2, 0) is 15.5 Å². The molecule has 0 radical (unpaired) electrons. The molecule has 0 spiro atoms. The van der Waals surface area contributed by atoms with Crippen molar-refractivity contribution in [1.29, 1.82) is 0 Å². The van der Waals surface area contributed by atoms with Gasteiger partial charge in [0, 0.05) is 10.8 Å². The molecule has 0 unspecified atom stereocenters. The van der Waals surface area contributed by atoms with Crippen molar-refractivity contribution in [1.82, 2.24) is 0 Å². The summed E-state index contributed by atoms with van der Waals surface area (Å²) in [6.07, 6.45) is -0.792. The molecule has 1 aliphatic rings. The third kappa shape index (κ3) is 1.47. The molecule has 1 aliphatic heterocycles. The van der Waals surface area contributed by atoms with E-state index in [1.807, 2.05) is 0 Å². The van der Waals surface area contributed by atoms with E-state index < -0.39 is 22.5 Å². The van der Waals surface area contributed by atoms with Crippen molar-refractivity contribution in [2.75, 3.05) is 11.5 Å². The molecule has 0 saturated carbocycles. The highest BCUT2D eigenvalue weighted by Gasteiger charge is 2.41. The molecule has 2 N–H and O–H groups in total. The maximum Gasteiger partial charge on any atom is 0.405 e. The number of carbonyl (C=O) groups excluding carboxylic acids is 1. The van der Waals surface area contributed by atoms with Gasteiger partial charge in [-0.25, -0.2) is 4.79 Å². The van der Waals surface area contributed by atoms with Crippen molar-refractivity contribution in [3.05, 3.63) is 0 Å². The molecular formula is C5H9NO3S. The maximum absolute atomic E-state index is 10.6. The van der Waals surface area contributed by atoms with E-state index in [-0.39, 0.29) is 0 Å². The number of primary amides is 1. The maximum atomic E-state index is 10.6. The van der Waals surface area contributed by atoms with Gasteiger partial charge < -0.3 is 10.5 Å². The summed E-state index contributed by atoms with van der Waals surface area (Å²) in [5.41, 5.74) is 4.21. The van der Waals surface area contributed by atoms with E-state index in [1.165, 1.54) is 0 Å². The number of ether oxygens (including phenoxy) is 1. The van der Waals surface area contributed by atoms with Crippen molar-refractivity contribution in [2.24, 2.45) is 5.73 Å². The van der Waals surface area contributed by atoms with Gasteiger partial charge in [-0.2, -0.15) is 0 Å². The zero-order valence-electron chi connectivity index (χ0n) is 5.62. The van der Waals surface area contributed by atoms with Gasteiger partial charge in [0.1, 0.15) is 5.60 Å². The van der Waals surface area contributed by atoms with Crippen LogP contribution in [-0.4, -0.2) is 27.4 Å². The van der Waals surface area contributed by atoms with Gasteiger partial charge in [-0.3, -0.25) is 4.21 Å². The summed E-state index contributed by atoms with van der Waals surface area (Å²) >= 11 is 0. The topological polar surface area (TPSA) is 69.4 Å². The third-order valence-corrected chi connectivity index (χ3v) is 3.14. The minimum Gasteiger partial charge on any atom is -0.441 e. The second kappa shape index (κ2) is 2.23. The molecule has 0 aliphatic carbocycles. The molecular weight excluding hydrogens is 154 g/mol. The van der Waals surface area contributed by atoms with E-state index in [2.05, 4.69) is 4.74 Å². The Balaban J connectivity index is 2.41. The van der Waals surface area contributed by atoms with Crippen molar-refractivity contribution < 1.29 is 13.7 Å². The SMILES string of the molecule is CC1(OC(N)=O)CS(=O)C1. The van der Waals surface area contributed by atoms with Gasteiger partial charge >= 0.3 is 6.09 Å². The molecule has 5 heteroatoms. The Bertz CT molecular complexity index is 183. The van der Waals surface area contributed by atoms with E-state index in [0.717, 1.165) is 0 Å². The van der Waals surface area contributed by atoms with E-state index in [0.29, 0.717) is 11.5 Å². The average Bonchev–Trinajstić information content (AvgIpc) is 1.57. The number of hydrogen-bond donors (Lipinski definition) is 1. The summed E-state index contributed by atoms with van der Waals surface area (Å²) in [5.74, 6) is 0.825. The summed E-state index contributed by atoms with van der Waals surface area (Å²) in [5, 5.41) is 0. The second-order valence-electron chi connectivity index (χ2n) is 2.60. The van der Waals surface area contributed by atoms with Crippen LogP contribution in [0.2, 0.25) is 0 Å². The number of nitrogens with two attached hydrogens (primary N) is 1. The first-order chi connectivity index (χ1) is 4.52. The van der Waals surface area contributed by atoms with Crippen LogP contribution < -0.4 is 5.73 Å².